The van der Waals surface area contributed by atoms with Crippen molar-refractivity contribution in [3.63, 3.8) is 0 Å². The zero-order valence-electron chi connectivity index (χ0n) is 7.83. The number of aromatic nitrogens is 2. The molecule has 0 amide bonds. The summed E-state index contributed by atoms with van der Waals surface area (Å²) in [5.74, 6) is 0. The Morgan fingerprint density at radius 1 is 1.46 bits per heavy atom. The van der Waals surface area contributed by atoms with Crippen LogP contribution in [0.15, 0.2) is 24.5 Å². The summed E-state index contributed by atoms with van der Waals surface area (Å²) in [6.45, 7) is 4.23. The molecule has 0 aliphatic carbocycles. The summed E-state index contributed by atoms with van der Waals surface area (Å²) in [4.78, 5) is 7.47. The zero-order valence-corrected chi connectivity index (χ0v) is 7.83. The van der Waals surface area contributed by atoms with E-state index in [2.05, 4.69) is 29.1 Å². The molecule has 0 aliphatic rings. The first-order chi connectivity index (χ1) is 6.27. The molecular weight excluding hydrogens is 162 g/mol. The normalized spacial score (nSPS) is 11.0. The van der Waals surface area contributed by atoms with Crippen LogP contribution in [0.2, 0.25) is 0 Å². The first-order valence-corrected chi connectivity index (χ1v) is 4.46. The Morgan fingerprint density at radius 2 is 2.31 bits per heavy atom. The van der Waals surface area contributed by atoms with E-state index >= 15 is 0 Å². The number of anilines is 1. The Labute approximate surface area is 77.2 Å². The Hall–Kier alpha value is -1.51. The van der Waals surface area contributed by atoms with Crippen LogP contribution < -0.4 is 5.32 Å². The van der Waals surface area contributed by atoms with Gasteiger partial charge in [-0.05, 0) is 26.0 Å². The first kappa shape index (κ1) is 8.10. The average molecular weight is 175 g/mol. The summed E-state index contributed by atoms with van der Waals surface area (Å²) in [5.41, 5.74) is 3.16. The average Bonchev–Trinajstić information content (AvgIpc) is 2.48. The molecule has 0 aromatic carbocycles. The molecule has 0 saturated carbocycles. The lowest BCUT2D eigenvalue weighted by molar-refractivity contribution is 0.901. The lowest BCUT2D eigenvalue weighted by Gasteiger charge is -2.06. The lowest BCUT2D eigenvalue weighted by Crippen LogP contribution is -2.09. The predicted octanol–water partition coefficient (Wildman–Crippen LogP) is 2.38. The van der Waals surface area contributed by atoms with E-state index in [9.17, 15) is 0 Å². The third-order valence-corrected chi connectivity index (χ3v) is 1.88. The maximum atomic E-state index is 4.30. The Morgan fingerprint density at radius 3 is 3.08 bits per heavy atom. The number of nitrogens with zero attached hydrogens (tertiary/aromatic N) is 1. The first-order valence-electron chi connectivity index (χ1n) is 4.46. The second-order valence-electron chi connectivity index (χ2n) is 3.40. The summed E-state index contributed by atoms with van der Waals surface area (Å²) >= 11 is 0. The largest absolute Gasteiger partial charge is 0.380 e. The van der Waals surface area contributed by atoms with Gasteiger partial charge in [0.05, 0.1) is 11.2 Å². The smallest absolute Gasteiger partial charge is 0.111 e. The van der Waals surface area contributed by atoms with Crippen LogP contribution in [0, 0.1) is 0 Å². The fraction of sp³-hybridized carbons (Fsp3) is 0.300. The molecular formula is C10H13N3. The van der Waals surface area contributed by atoms with E-state index in [1.165, 1.54) is 0 Å². The minimum Gasteiger partial charge on any atom is -0.380 e. The lowest BCUT2D eigenvalue weighted by atomic mass is 10.3. The van der Waals surface area contributed by atoms with Gasteiger partial charge in [-0.15, -0.1) is 0 Å². The number of pyridine rings is 1. The Bertz CT molecular complexity index is 403. The van der Waals surface area contributed by atoms with Gasteiger partial charge in [-0.3, -0.25) is 4.98 Å². The summed E-state index contributed by atoms with van der Waals surface area (Å²) < 4.78 is 0. The summed E-state index contributed by atoms with van der Waals surface area (Å²) in [5, 5.41) is 3.33. The van der Waals surface area contributed by atoms with Gasteiger partial charge in [0, 0.05) is 18.4 Å². The summed E-state index contributed by atoms with van der Waals surface area (Å²) in [7, 11) is 0. The van der Waals surface area contributed by atoms with Crippen molar-refractivity contribution in [3.05, 3.63) is 24.5 Å². The SMILES string of the molecule is CC(C)Nc1c[nH]c2cccnc12. The molecule has 13 heavy (non-hydrogen) atoms. The minimum absolute atomic E-state index is 0.431. The van der Waals surface area contributed by atoms with Gasteiger partial charge in [-0.1, -0.05) is 0 Å². The molecule has 3 heteroatoms. The number of hydrogen-bond acceptors (Lipinski definition) is 2. The number of hydrogen-bond donors (Lipinski definition) is 2. The van der Waals surface area contributed by atoms with Gasteiger partial charge < -0.3 is 10.3 Å². The van der Waals surface area contributed by atoms with E-state index < -0.39 is 0 Å². The van der Waals surface area contributed by atoms with Gasteiger partial charge in [-0.2, -0.15) is 0 Å². The summed E-state index contributed by atoms with van der Waals surface area (Å²) in [6.07, 6.45) is 3.76. The van der Waals surface area contributed by atoms with Crippen molar-refractivity contribution in [1.82, 2.24) is 9.97 Å². The highest BCUT2D eigenvalue weighted by Crippen LogP contribution is 2.20. The highest BCUT2D eigenvalue weighted by atomic mass is 14.9. The van der Waals surface area contributed by atoms with Crippen LogP contribution in [0.1, 0.15) is 13.8 Å². The number of nitrogens with one attached hydrogen (secondary N) is 2. The van der Waals surface area contributed by atoms with Crippen molar-refractivity contribution in [3.8, 4) is 0 Å². The van der Waals surface area contributed by atoms with Crippen LogP contribution in [-0.2, 0) is 0 Å². The number of fused-ring (bicyclic) bond motifs is 1. The van der Waals surface area contributed by atoms with Gasteiger partial charge in [0.1, 0.15) is 5.52 Å². The van der Waals surface area contributed by atoms with Crippen LogP contribution in [0.4, 0.5) is 5.69 Å². The van der Waals surface area contributed by atoms with Crippen molar-refractivity contribution in [2.24, 2.45) is 0 Å². The van der Waals surface area contributed by atoms with Crippen molar-refractivity contribution >= 4 is 16.7 Å². The maximum absolute atomic E-state index is 4.30. The van der Waals surface area contributed by atoms with Crippen molar-refractivity contribution in [1.29, 1.82) is 0 Å². The van der Waals surface area contributed by atoms with Gasteiger partial charge in [0.2, 0.25) is 0 Å². The summed E-state index contributed by atoms with van der Waals surface area (Å²) in [6, 6.07) is 4.38. The Kier molecular flexibility index (Phi) is 1.93. The van der Waals surface area contributed by atoms with Crippen LogP contribution in [0.25, 0.3) is 11.0 Å². The third kappa shape index (κ3) is 1.49. The number of H-pyrrole nitrogens is 1. The van der Waals surface area contributed by atoms with Crippen molar-refractivity contribution in [2.75, 3.05) is 5.32 Å². The highest BCUT2D eigenvalue weighted by molar-refractivity contribution is 5.88. The standard InChI is InChI=1S/C10H13N3/c1-7(2)13-9-6-12-8-4-3-5-11-10(8)9/h3-7,12-13H,1-2H3. The fourth-order valence-electron chi connectivity index (χ4n) is 1.38. The Balaban J connectivity index is 2.46. The molecule has 3 nitrogen and oxygen atoms in total. The second-order valence-corrected chi connectivity index (χ2v) is 3.40. The zero-order chi connectivity index (χ0) is 9.26. The molecule has 0 saturated heterocycles. The molecule has 2 aromatic rings. The van der Waals surface area contributed by atoms with Gasteiger partial charge in [0.15, 0.2) is 0 Å². The van der Waals surface area contributed by atoms with Crippen LogP contribution in [0.3, 0.4) is 0 Å². The minimum atomic E-state index is 0.431. The van der Waals surface area contributed by atoms with Crippen LogP contribution >= 0.6 is 0 Å². The fourth-order valence-corrected chi connectivity index (χ4v) is 1.38. The number of aromatic amines is 1. The molecule has 0 fully saturated rings. The highest BCUT2D eigenvalue weighted by Gasteiger charge is 2.03. The number of rotatable bonds is 2. The molecule has 0 aliphatic heterocycles. The van der Waals surface area contributed by atoms with Crippen molar-refractivity contribution in [2.45, 2.75) is 19.9 Å². The van der Waals surface area contributed by atoms with E-state index in [0.717, 1.165) is 16.7 Å². The van der Waals surface area contributed by atoms with Gasteiger partial charge >= 0.3 is 0 Å². The molecule has 0 radical (unpaired) electrons. The van der Waals surface area contributed by atoms with E-state index in [4.69, 9.17) is 0 Å². The molecule has 2 rings (SSSR count). The van der Waals surface area contributed by atoms with E-state index in [1.54, 1.807) is 0 Å². The van der Waals surface area contributed by atoms with Crippen LogP contribution in [0.5, 0.6) is 0 Å². The second kappa shape index (κ2) is 3.09. The molecule has 0 atom stereocenters. The molecule has 2 aromatic heterocycles. The topological polar surface area (TPSA) is 40.7 Å². The van der Waals surface area contributed by atoms with Crippen molar-refractivity contribution < 1.29 is 0 Å². The molecule has 0 spiro atoms. The molecule has 68 valence electrons. The molecule has 0 bridgehead atoms. The quantitative estimate of drug-likeness (QED) is 0.735. The maximum Gasteiger partial charge on any atom is 0.111 e. The monoisotopic (exact) mass is 175 g/mol. The van der Waals surface area contributed by atoms with E-state index in [1.807, 2.05) is 24.5 Å². The molecule has 0 unspecified atom stereocenters. The van der Waals surface area contributed by atoms with Gasteiger partial charge in [0.25, 0.3) is 0 Å². The van der Waals surface area contributed by atoms with E-state index in [0.29, 0.717) is 6.04 Å². The van der Waals surface area contributed by atoms with Gasteiger partial charge in [-0.25, -0.2) is 0 Å². The third-order valence-electron chi connectivity index (χ3n) is 1.88. The van der Waals surface area contributed by atoms with E-state index in [-0.39, 0.29) is 0 Å². The van der Waals surface area contributed by atoms with Crippen LogP contribution in [-0.4, -0.2) is 16.0 Å². The molecule has 2 heterocycles. The predicted molar refractivity (Wildman–Crippen MR) is 54.9 cm³/mol. The molecule has 2 N–H and O–H groups in total.